The third kappa shape index (κ3) is 6.97. The van der Waals surface area contributed by atoms with Crippen LogP contribution >= 0.6 is 24.0 Å². The first-order valence-corrected chi connectivity index (χ1v) is 8.91. The van der Waals surface area contributed by atoms with Crippen molar-refractivity contribution in [3.63, 3.8) is 0 Å². The number of nitrogens with one attached hydrogen (secondary N) is 1. The number of piperidine rings is 1. The molecular formula is C19H32IN3O. The third-order valence-electron chi connectivity index (χ3n) is 4.48. The number of aliphatic hydroxyl groups is 1. The molecule has 4 nitrogen and oxygen atoms in total. The van der Waals surface area contributed by atoms with E-state index in [9.17, 15) is 0 Å². The molecule has 1 aliphatic heterocycles. The van der Waals surface area contributed by atoms with Crippen molar-refractivity contribution < 1.29 is 5.11 Å². The molecule has 0 spiro atoms. The standard InChI is InChI=1S/C19H31N3O.HI/c1-3-20-19(21-14-16(2)15-23)22-11-9-18(10-12-22)13-17-7-5-4-6-8-17;/h4-8,16,18,23H,3,9-15H2,1-2H3,(H,20,21);1H. The van der Waals surface area contributed by atoms with Crippen molar-refractivity contribution in [2.24, 2.45) is 16.8 Å². The Kier molecular flexibility index (Phi) is 10.3. The molecule has 2 rings (SSSR count). The van der Waals surface area contributed by atoms with E-state index in [0.717, 1.165) is 31.5 Å². The van der Waals surface area contributed by atoms with E-state index in [4.69, 9.17) is 5.11 Å². The number of guanidine groups is 1. The second kappa shape index (κ2) is 11.7. The van der Waals surface area contributed by atoms with Gasteiger partial charge in [-0.1, -0.05) is 37.3 Å². The van der Waals surface area contributed by atoms with Gasteiger partial charge in [0.15, 0.2) is 5.96 Å². The monoisotopic (exact) mass is 445 g/mol. The van der Waals surface area contributed by atoms with E-state index < -0.39 is 0 Å². The molecule has 5 heteroatoms. The molecule has 1 saturated heterocycles. The Morgan fingerprint density at radius 3 is 2.54 bits per heavy atom. The van der Waals surface area contributed by atoms with Crippen molar-refractivity contribution in [3.05, 3.63) is 35.9 Å². The van der Waals surface area contributed by atoms with E-state index in [-0.39, 0.29) is 36.5 Å². The van der Waals surface area contributed by atoms with Crippen LogP contribution in [0.15, 0.2) is 35.3 Å². The van der Waals surface area contributed by atoms with E-state index >= 15 is 0 Å². The van der Waals surface area contributed by atoms with Crippen LogP contribution in [-0.2, 0) is 6.42 Å². The van der Waals surface area contributed by atoms with Crippen LogP contribution in [-0.4, -0.2) is 48.8 Å². The largest absolute Gasteiger partial charge is 0.396 e. The van der Waals surface area contributed by atoms with Gasteiger partial charge in [0.05, 0.1) is 0 Å². The lowest BCUT2D eigenvalue weighted by Crippen LogP contribution is -2.46. The molecule has 1 fully saturated rings. The van der Waals surface area contributed by atoms with Crippen LogP contribution in [0.4, 0.5) is 0 Å². The minimum absolute atomic E-state index is 0. The predicted molar refractivity (Wildman–Crippen MR) is 112 cm³/mol. The molecule has 2 N–H and O–H groups in total. The van der Waals surface area contributed by atoms with Crippen LogP contribution in [0.5, 0.6) is 0 Å². The summed E-state index contributed by atoms with van der Waals surface area (Å²) in [6.45, 7) is 8.03. The fraction of sp³-hybridized carbons (Fsp3) is 0.632. The number of likely N-dealkylation sites (tertiary alicyclic amines) is 1. The maximum Gasteiger partial charge on any atom is 0.193 e. The average Bonchev–Trinajstić information content (AvgIpc) is 2.60. The maximum absolute atomic E-state index is 9.16. The first-order chi connectivity index (χ1) is 11.2. The molecule has 0 bridgehead atoms. The molecule has 1 atom stereocenters. The molecule has 1 heterocycles. The maximum atomic E-state index is 9.16. The quantitative estimate of drug-likeness (QED) is 0.402. The van der Waals surface area contributed by atoms with Gasteiger partial charge >= 0.3 is 0 Å². The minimum Gasteiger partial charge on any atom is -0.396 e. The first kappa shape index (κ1) is 21.2. The molecule has 0 aromatic heterocycles. The van der Waals surface area contributed by atoms with Gasteiger partial charge in [-0.2, -0.15) is 0 Å². The van der Waals surface area contributed by atoms with Crippen molar-refractivity contribution in [3.8, 4) is 0 Å². The van der Waals surface area contributed by atoms with E-state index in [2.05, 4.69) is 52.5 Å². The molecular weight excluding hydrogens is 413 g/mol. The Morgan fingerprint density at radius 1 is 1.29 bits per heavy atom. The molecule has 0 saturated carbocycles. The second-order valence-electron chi connectivity index (χ2n) is 6.60. The molecule has 1 aliphatic rings. The van der Waals surface area contributed by atoms with E-state index in [1.165, 1.54) is 24.8 Å². The first-order valence-electron chi connectivity index (χ1n) is 8.91. The average molecular weight is 445 g/mol. The second-order valence-corrected chi connectivity index (χ2v) is 6.60. The number of nitrogens with zero attached hydrogens (tertiary/aromatic N) is 2. The Bertz CT molecular complexity index is 473. The summed E-state index contributed by atoms with van der Waals surface area (Å²) in [4.78, 5) is 7.06. The SMILES string of the molecule is CCNC(=NCC(C)CO)N1CCC(Cc2ccccc2)CC1.I. The van der Waals surface area contributed by atoms with E-state index in [1.807, 2.05) is 6.92 Å². The van der Waals surface area contributed by atoms with E-state index in [1.54, 1.807) is 0 Å². The molecule has 24 heavy (non-hydrogen) atoms. The summed E-state index contributed by atoms with van der Waals surface area (Å²) in [5.74, 6) is 2.00. The number of benzene rings is 1. The van der Waals surface area contributed by atoms with Gasteiger partial charge in [-0.3, -0.25) is 4.99 Å². The molecule has 1 aromatic carbocycles. The van der Waals surface area contributed by atoms with Crippen LogP contribution in [0.25, 0.3) is 0 Å². The van der Waals surface area contributed by atoms with Gasteiger partial charge in [-0.05, 0) is 43.6 Å². The molecule has 1 aromatic rings. The number of hydrogen-bond acceptors (Lipinski definition) is 2. The van der Waals surface area contributed by atoms with Crippen LogP contribution in [0, 0.1) is 11.8 Å². The van der Waals surface area contributed by atoms with Crippen molar-refractivity contribution in [1.82, 2.24) is 10.2 Å². The van der Waals surface area contributed by atoms with Gasteiger partial charge in [0.1, 0.15) is 0 Å². The highest BCUT2D eigenvalue weighted by atomic mass is 127. The summed E-state index contributed by atoms with van der Waals surface area (Å²) in [7, 11) is 0. The Balaban J connectivity index is 0.00000288. The van der Waals surface area contributed by atoms with Gasteiger partial charge in [-0.15, -0.1) is 24.0 Å². The number of hydrogen-bond donors (Lipinski definition) is 2. The normalized spacial score (nSPS) is 17.3. The highest BCUT2D eigenvalue weighted by molar-refractivity contribution is 14.0. The number of aliphatic imine (C=N–C) groups is 1. The van der Waals surface area contributed by atoms with Crippen molar-refractivity contribution in [1.29, 1.82) is 0 Å². The predicted octanol–water partition coefficient (Wildman–Crippen LogP) is 3.15. The zero-order chi connectivity index (χ0) is 16.5. The Hall–Kier alpha value is -0.820. The van der Waals surface area contributed by atoms with Crippen LogP contribution in [0.1, 0.15) is 32.3 Å². The van der Waals surface area contributed by atoms with Gasteiger partial charge in [0.2, 0.25) is 0 Å². The summed E-state index contributed by atoms with van der Waals surface area (Å²) in [6, 6.07) is 10.8. The van der Waals surface area contributed by atoms with Crippen LogP contribution < -0.4 is 5.32 Å². The number of aliphatic hydroxyl groups excluding tert-OH is 1. The fourth-order valence-electron chi connectivity index (χ4n) is 3.02. The van der Waals surface area contributed by atoms with E-state index in [0.29, 0.717) is 6.54 Å². The minimum atomic E-state index is 0. The summed E-state index contributed by atoms with van der Waals surface area (Å²) < 4.78 is 0. The van der Waals surface area contributed by atoms with Gasteiger partial charge in [0.25, 0.3) is 0 Å². The van der Waals surface area contributed by atoms with Crippen LogP contribution in [0.2, 0.25) is 0 Å². The smallest absolute Gasteiger partial charge is 0.193 e. The summed E-state index contributed by atoms with van der Waals surface area (Å²) in [6.07, 6.45) is 3.62. The molecule has 0 aliphatic carbocycles. The third-order valence-corrected chi connectivity index (χ3v) is 4.48. The summed E-state index contributed by atoms with van der Waals surface area (Å²) in [5, 5.41) is 12.6. The molecule has 1 unspecified atom stereocenters. The lowest BCUT2D eigenvalue weighted by molar-refractivity contribution is 0.239. The topological polar surface area (TPSA) is 47.9 Å². The molecule has 0 amide bonds. The van der Waals surface area contributed by atoms with Crippen molar-refractivity contribution in [2.75, 3.05) is 32.8 Å². The van der Waals surface area contributed by atoms with Crippen LogP contribution in [0.3, 0.4) is 0 Å². The number of rotatable bonds is 6. The summed E-state index contributed by atoms with van der Waals surface area (Å²) >= 11 is 0. The van der Waals surface area contributed by atoms with Gasteiger partial charge in [0, 0.05) is 32.8 Å². The Morgan fingerprint density at radius 2 is 1.96 bits per heavy atom. The lowest BCUT2D eigenvalue weighted by atomic mass is 9.90. The van der Waals surface area contributed by atoms with Crippen molar-refractivity contribution in [2.45, 2.75) is 33.1 Å². The zero-order valence-electron chi connectivity index (χ0n) is 14.9. The molecule has 136 valence electrons. The van der Waals surface area contributed by atoms with Gasteiger partial charge < -0.3 is 15.3 Å². The highest BCUT2D eigenvalue weighted by Crippen LogP contribution is 2.21. The summed E-state index contributed by atoms with van der Waals surface area (Å²) in [5.41, 5.74) is 1.45. The highest BCUT2D eigenvalue weighted by Gasteiger charge is 2.21. The fourth-order valence-corrected chi connectivity index (χ4v) is 3.02. The molecule has 0 radical (unpaired) electrons. The lowest BCUT2D eigenvalue weighted by Gasteiger charge is -2.34. The Labute approximate surface area is 163 Å². The van der Waals surface area contributed by atoms with Gasteiger partial charge in [-0.25, -0.2) is 0 Å². The number of halogens is 1. The van der Waals surface area contributed by atoms with Crippen molar-refractivity contribution >= 4 is 29.9 Å². The zero-order valence-corrected chi connectivity index (χ0v) is 17.3.